The van der Waals surface area contributed by atoms with Gasteiger partial charge >= 0.3 is 0 Å². The molecule has 0 bridgehead atoms. The number of rotatable bonds is 4. The molecule has 5 rings (SSSR count). The number of fused-ring (bicyclic) bond motifs is 1. The number of aliphatic hydroxyl groups excluding tert-OH is 1. The van der Waals surface area contributed by atoms with Crippen molar-refractivity contribution in [1.29, 1.82) is 0 Å². The second-order valence-corrected chi connectivity index (χ2v) is 9.09. The Morgan fingerprint density at radius 2 is 1.97 bits per heavy atom. The molecule has 0 saturated heterocycles. The molecule has 1 unspecified atom stereocenters. The minimum atomic E-state index is -1.12. The van der Waals surface area contributed by atoms with Crippen LogP contribution in [0.4, 0.5) is 9.52 Å². The predicted molar refractivity (Wildman–Crippen MR) is 119 cm³/mol. The van der Waals surface area contributed by atoms with E-state index in [1.54, 1.807) is 23.6 Å². The number of anilines is 1. The number of nitrogens with zero attached hydrogens (tertiary/aromatic N) is 2. The van der Waals surface area contributed by atoms with Crippen molar-refractivity contribution in [2.24, 2.45) is 0 Å². The Labute approximate surface area is 184 Å². The highest BCUT2D eigenvalue weighted by molar-refractivity contribution is 7.22. The zero-order valence-electron chi connectivity index (χ0n) is 16.2. The van der Waals surface area contributed by atoms with Gasteiger partial charge in [0.1, 0.15) is 11.9 Å². The quantitative estimate of drug-likeness (QED) is 0.412. The smallest absolute Gasteiger partial charge is 0.296 e. The van der Waals surface area contributed by atoms with Gasteiger partial charge in [-0.1, -0.05) is 41.7 Å². The van der Waals surface area contributed by atoms with Crippen molar-refractivity contribution in [3.63, 3.8) is 0 Å². The van der Waals surface area contributed by atoms with Crippen molar-refractivity contribution in [3.8, 4) is 0 Å². The van der Waals surface area contributed by atoms with Gasteiger partial charge in [-0.25, -0.2) is 9.37 Å². The minimum absolute atomic E-state index is 0.121. The number of aromatic nitrogens is 1. The fourth-order valence-corrected chi connectivity index (χ4v) is 5.46. The second kappa shape index (κ2) is 7.40. The monoisotopic (exact) mass is 450 g/mol. The molecule has 2 aromatic heterocycles. The summed E-state index contributed by atoms with van der Waals surface area (Å²) in [5.74, 6) is -2.53. The lowest BCUT2D eigenvalue weighted by Crippen LogP contribution is -2.31. The molecule has 154 valence electrons. The highest BCUT2D eigenvalue weighted by atomic mass is 32.1. The average Bonchev–Trinajstić information content (AvgIpc) is 3.47. The van der Waals surface area contributed by atoms with Crippen LogP contribution in [0.1, 0.15) is 26.8 Å². The number of amides is 1. The fourth-order valence-electron chi connectivity index (χ4n) is 3.69. The topological polar surface area (TPSA) is 70.5 Å². The van der Waals surface area contributed by atoms with Gasteiger partial charge in [-0.05, 0) is 42.1 Å². The van der Waals surface area contributed by atoms with Gasteiger partial charge in [0.05, 0.1) is 20.7 Å². The number of aryl methyl sites for hydroxylation is 1. The predicted octanol–water partition coefficient (Wildman–Crippen LogP) is 5.59. The van der Waals surface area contributed by atoms with Gasteiger partial charge in [0, 0.05) is 5.56 Å². The fraction of sp³-hybridized carbons (Fsp3) is 0.0870. The largest absolute Gasteiger partial charge is 0.503 e. The first-order chi connectivity index (χ1) is 15.0. The molecule has 0 fully saturated rings. The SMILES string of the molecule is Cc1ccc2nc(N3C(=O)C(O)=C(C(=O)c4cccs4)C3c3ccccc3F)sc2c1. The number of thiophene rings is 1. The van der Waals surface area contributed by atoms with E-state index in [0.717, 1.165) is 10.3 Å². The van der Waals surface area contributed by atoms with Gasteiger partial charge in [0.25, 0.3) is 5.91 Å². The van der Waals surface area contributed by atoms with E-state index in [-0.39, 0.29) is 11.1 Å². The molecule has 1 amide bonds. The number of benzene rings is 2. The van der Waals surface area contributed by atoms with Gasteiger partial charge in [0.2, 0.25) is 5.78 Å². The summed E-state index contributed by atoms with van der Waals surface area (Å²) in [6.07, 6.45) is 0. The molecule has 1 aliphatic heterocycles. The van der Waals surface area contributed by atoms with Crippen LogP contribution >= 0.6 is 22.7 Å². The maximum Gasteiger partial charge on any atom is 0.296 e. The maximum atomic E-state index is 14.9. The molecule has 4 aromatic rings. The van der Waals surface area contributed by atoms with Crippen LogP contribution in [0, 0.1) is 12.7 Å². The van der Waals surface area contributed by atoms with E-state index in [4.69, 9.17) is 0 Å². The van der Waals surface area contributed by atoms with Gasteiger partial charge in [-0.2, -0.15) is 0 Å². The Morgan fingerprint density at radius 3 is 2.71 bits per heavy atom. The number of Topliss-reactive ketones (excluding diaryl/α,β-unsaturated/α-hetero) is 1. The summed E-state index contributed by atoms with van der Waals surface area (Å²) < 4.78 is 15.7. The van der Waals surface area contributed by atoms with Crippen molar-refractivity contribution in [3.05, 3.63) is 93.1 Å². The Morgan fingerprint density at radius 1 is 1.16 bits per heavy atom. The van der Waals surface area contributed by atoms with Gasteiger partial charge in [-0.15, -0.1) is 11.3 Å². The maximum absolute atomic E-state index is 14.9. The third-order valence-electron chi connectivity index (χ3n) is 5.14. The van der Waals surface area contributed by atoms with Crippen molar-refractivity contribution in [2.45, 2.75) is 13.0 Å². The molecule has 1 atom stereocenters. The van der Waals surface area contributed by atoms with Gasteiger partial charge < -0.3 is 5.11 Å². The Bertz CT molecular complexity index is 1370. The molecular formula is C23H15FN2O3S2. The normalized spacial score (nSPS) is 16.5. The number of thiazole rings is 1. The average molecular weight is 451 g/mol. The summed E-state index contributed by atoms with van der Waals surface area (Å²) in [6.45, 7) is 1.95. The Kier molecular flexibility index (Phi) is 4.68. The van der Waals surface area contributed by atoms with E-state index in [0.29, 0.717) is 15.5 Å². The van der Waals surface area contributed by atoms with Crippen LogP contribution in [-0.4, -0.2) is 21.8 Å². The van der Waals surface area contributed by atoms with Crippen LogP contribution < -0.4 is 4.90 Å². The Balaban J connectivity index is 1.71. The molecule has 1 aliphatic rings. The zero-order chi connectivity index (χ0) is 21.7. The van der Waals surface area contributed by atoms with Crippen LogP contribution in [0.3, 0.4) is 0 Å². The van der Waals surface area contributed by atoms with Crippen molar-refractivity contribution in [1.82, 2.24) is 4.98 Å². The third-order valence-corrected chi connectivity index (χ3v) is 7.02. The number of hydrogen-bond donors (Lipinski definition) is 1. The summed E-state index contributed by atoms with van der Waals surface area (Å²) in [5, 5.41) is 12.7. The molecular weight excluding hydrogens is 435 g/mol. The van der Waals surface area contributed by atoms with Crippen LogP contribution in [0.15, 0.2) is 71.3 Å². The van der Waals surface area contributed by atoms with E-state index in [9.17, 15) is 19.1 Å². The van der Waals surface area contributed by atoms with E-state index >= 15 is 0 Å². The van der Waals surface area contributed by atoms with E-state index in [2.05, 4.69) is 4.98 Å². The number of aliphatic hydroxyl groups is 1. The molecule has 2 aromatic carbocycles. The molecule has 8 heteroatoms. The second-order valence-electron chi connectivity index (χ2n) is 7.14. The lowest BCUT2D eigenvalue weighted by Gasteiger charge is -2.24. The van der Waals surface area contributed by atoms with Crippen LogP contribution in [-0.2, 0) is 4.79 Å². The summed E-state index contributed by atoms with van der Waals surface area (Å²) in [6, 6.07) is 13.8. The van der Waals surface area contributed by atoms with E-state index in [1.807, 2.05) is 25.1 Å². The first-order valence-electron chi connectivity index (χ1n) is 9.42. The first kappa shape index (κ1) is 19.6. The van der Waals surface area contributed by atoms with Crippen LogP contribution in [0.2, 0.25) is 0 Å². The number of carbonyl (C=O) groups is 2. The van der Waals surface area contributed by atoms with Gasteiger partial charge in [0.15, 0.2) is 10.9 Å². The lowest BCUT2D eigenvalue weighted by molar-refractivity contribution is -0.117. The zero-order valence-corrected chi connectivity index (χ0v) is 17.8. The molecule has 31 heavy (non-hydrogen) atoms. The molecule has 5 nitrogen and oxygen atoms in total. The molecule has 0 aliphatic carbocycles. The van der Waals surface area contributed by atoms with Crippen molar-refractivity contribution < 1.29 is 19.1 Å². The van der Waals surface area contributed by atoms with E-state index < -0.39 is 29.3 Å². The highest BCUT2D eigenvalue weighted by Gasteiger charge is 2.46. The van der Waals surface area contributed by atoms with Gasteiger partial charge in [-0.3, -0.25) is 14.5 Å². The highest BCUT2D eigenvalue weighted by Crippen LogP contribution is 2.45. The van der Waals surface area contributed by atoms with Crippen LogP contribution in [0.25, 0.3) is 10.2 Å². The van der Waals surface area contributed by atoms with Crippen molar-refractivity contribution in [2.75, 3.05) is 4.90 Å². The number of ketones is 1. The molecule has 0 spiro atoms. The number of carbonyl (C=O) groups excluding carboxylic acids is 2. The first-order valence-corrected chi connectivity index (χ1v) is 11.1. The third kappa shape index (κ3) is 3.15. The summed E-state index contributed by atoms with van der Waals surface area (Å²) in [4.78, 5) is 32.5. The van der Waals surface area contributed by atoms with Crippen LogP contribution in [0.5, 0.6) is 0 Å². The molecule has 0 saturated carbocycles. The molecule has 0 radical (unpaired) electrons. The van der Waals surface area contributed by atoms with Crippen molar-refractivity contribution >= 4 is 49.7 Å². The molecule has 1 N–H and O–H groups in total. The number of hydrogen-bond acceptors (Lipinski definition) is 6. The summed E-state index contributed by atoms with van der Waals surface area (Å²) in [7, 11) is 0. The summed E-state index contributed by atoms with van der Waals surface area (Å²) >= 11 is 2.45. The number of halogens is 1. The Hall–Kier alpha value is -3.36. The summed E-state index contributed by atoms with van der Waals surface area (Å²) in [5.41, 5.74) is 1.70. The van der Waals surface area contributed by atoms with E-state index in [1.165, 1.54) is 45.8 Å². The molecule has 3 heterocycles. The lowest BCUT2D eigenvalue weighted by atomic mass is 9.95. The minimum Gasteiger partial charge on any atom is -0.503 e. The standard InChI is InChI=1S/C23H15FN2O3S2/c1-12-8-9-15-17(11-12)31-23(25-15)26-19(13-5-2-3-6-14(13)24)18(21(28)22(26)29)20(27)16-7-4-10-30-16/h2-11,19,28H,1H3.